The van der Waals surface area contributed by atoms with E-state index < -0.39 is 0 Å². The van der Waals surface area contributed by atoms with E-state index in [1.165, 1.54) is 154 Å². The number of hydrogen-bond donors (Lipinski definition) is 0. The molecule has 0 aliphatic rings. The molecule has 0 unspecified atom stereocenters. The molecule has 0 aromatic carbocycles. The van der Waals surface area contributed by atoms with E-state index in [0.29, 0.717) is 0 Å². The van der Waals surface area contributed by atoms with Crippen LogP contribution in [-0.4, -0.2) is 44.6 Å². The molecule has 0 bridgehead atoms. The number of carbonyl (C=O) groups is 4. The second-order valence-electron chi connectivity index (χ2n) is 13.8. The van der Waals surface area contributed by atoms with E-state index in [-0.39, 0.29) is 6.29 Å². The molecule has 0 amide bonds. The number of ether oxygens (including phenoxy) is 2. The molecule has 0 spiro atoms. The summed E-state index contributed by atoms with van der Waals surface area (Å²) in [5.41, 5.74) is 0. The second kappa shape index (κ2) is 67.7. The Morgan fingerprint density at radius 2 is 0.481 bits per heavy atom. The minimum Gasteiger partial charge on any atom is -0.353 e. The minimum atomic E-state index is -0.0370. The summed E-state index contributed by atoms with van der Waals surface area (Å²) in [4.78, 5) is 39.8. The van der Waals surface area contributed by atoms with Gasteiger partial charge in [-0.25, -0.2) is 0 Å². The van der Waals surface area contributed by atoms with Gasteiger partial charge in [0.05, 0.1) is 0 Å². The average Bonchev–Trinajstić information content (AvgIpc) is 3.15. The quantitative estimate of drug-likeness (QED) is 0.0361. The van der Waals surface area contributed by atoms with Crippen molar-refractivity contribution in [2.75, 3.05) is 13.2 Å². The van der Waals surface area contributed by atoms with Crippen LogP contribution in [0.3, 0.4) is 0 Å². The Kier molecular flexibility index (Phi) is 77.9. The summed E-state index contributed by atoms with van der Waals surface area (Å²) in [5, 5.41) is 0. The van der Waals surface area contributed by atoms with E-state index in [2.05, 4.69) is 27.7 Å². The fourth-order valence-corrected chi connectivity index (χ4v) is 5.26. The van der Waals surface area contributed by atoms with E-state index in [9.17, 15) is 19.2 Å². The Morgan fingerprint density at radius 3 is 0.635 bits per heavy atom. The standard InChI is InChI=1S/4C10H20O.C6H14O2/c4*1-2-3-4-5-6-7-8-9-10-11;1-4-7-6(3)8-5-2/h4*10H,2-9H2,1H3;6H,4-5H2,1-3H3. The van der Waals surface area contributed by atoms with E-state index >= 15 is 0 Å². The normalized spacial score (nSPS) is 10.0. The molecule has 0 fully saturated rings. The van der Waals surface area contributed by atoms with E-state index in [1.807, 2.05) is 20.8 Å². The lowest BCUT2D eigenvalue weighted by molar-refractivity contribution is -0.123. The molecule has 0 saturated carbocycles. The zero-order chi connectivity index (χ0) is 39.9. The number of unbranched alkanes of at least 4 members (excludes halogenated alkanes) is 28. The Balaban J connectivity index is -0.000000178. The predicted molar refractivity (Wildman–Crippen MR) is 227 cm³/mol. The SMILES string of the molecule is CCCCCCCCCC=O.CCCCCCCCCC=O.CCCCCCCCCC=O.CCCCCCCCCC=O.CCOC(C)OCC. The van der Waals surface area contributed by atoms with Crippen molar-refractivity contribution >= 4 is 25.1 Å². The fourth-order valence-electron chi connectivity index (χ4n) is 5.26. The van der Waals surface area contributed by atoms with Crippen molar-refractivity contribution in [1.82, 2.24) is 0 Å². The molecule has 0 N–H and O–H groups in total. The summed E-state index contributed by atoms with van der Waals surface area (Å²) in [6, 6.07) is 0. The van der Waals surface area contributed by atoms with E-state index in [1.54, 1.807) is 0 Å². The molecule has 0 aromatic rings. The zero-order valence-corrected chi connectivity index (χ0v) is 36.4. The first-order valence-electron chi connectivity index (χ1n) is 22.4. The van der Waals surface area contributed by atoms with Gasteiger partial charge in [0.15, 0.2) is 6.29 Å². The highest BCUT2D eigenvalue weighted by molar-refractivity contribution is 5.49. The van der Waals surface area contributed by atoms with Crippen LogP contribution in [-0.2, 0) is 28.7 Å². The first-order chi connectivity index (χ1) is 25.5. The van der Waals surface area contributed by atoms with Crippen molar-refractivity contribution in [1.29, 1.82) is 0 Å². The van der Waals surface area contributed by atoms with Gasteiger partial charge < -0.3 is 28.7 Å². The minimum absolute atomic E-state index is 0.0370. The van der Waals surface area contributed by atoms with Gasteiger partial charge in [0.1, 0.15) is 25.1 Å². The first-order valence-corrected chi connectivity index (χ1v) is 22.4. The van der Waals surface area contributed by atoms with Crippen LogP contribution in [0, 0.1) is 0 Å². The molecule has 0 radical (unpaired) electrons. The molecule has 0 atom stereocenters. The van der Waals surface area contributed by atoms with Crippen LogP contribution in [0.4, 0.5) is 0 Å². The Morgan fingerprint density at radius 1 is 0.308 bits per heavy atom. The molecular weight excluding hydrogens is 649 g/mol. The number of aldehydes is 4. The molecule has 52 heavy (non-hydrogen) atoms. The topological polar surface area (TPSA) is 86.7 Å². The monoisotopic (exact) mass is 743 g/mol. The van der Waals surface area contributed by atoms with Crippen LogP contribution in [0.2, 0.25) is 0 Å². The maximum atomic E-state index is 9.94. The Hall–Kier alpha value is -1.40. The van der Waals surface area contributed by atoms with Gasteiger partial charge in [-0.15, -0.1) is 0 Å². The Labute approximate surface area is 326 Å². The lowest BCUT2D eigenvalue weighted by Crippen LogP contribution is -2.11. The third-order valence-electron chi connectivity index (χ3n) is 8.50. The summed E-state index contributed by atoms with van der Waals surface area (Å²) < 4.78 is 10.1. The van der Waals surface area contributed by atoms with Gasteiger partial charge in [-0.3, -0.25) is 0 Å². The average molecular weight is 743 g/mol. The van der Waals surface area contributed by atoms with Crippen LogP contribution in [0.15, 0.2) is 0 Å². The highest BCUT2D eigenvalue weighted by Gasteiger charge is 1.95. The van der Waals surface area contributed by atoms with Gasteiger partial charge in [-0.1, -0.05) is 182 Å². The zero-order valence-electron chi connectivity index (χ0n) is 36.4. The molecule has 314 valence electrons. The third-order valence-corrected chi connectivity index (χ3v) is 8.50. The van der Waals surface area contributed by atoms with Gasteiger partial charge in [-0.2, -0.15) is 0 Å². The lowest BCUT2D eigenvalue weighted by Gasteiger charge is -2.09. The summed E-state index contributed by atoms with van der Waals surface area (Å²) in [5.74, 6) is 0. The van der Waals surface area contributed by atoms with Crippen molar-refractivity contribution in [2.45, 2.75) is 260 Å². The molecule has 0 aliphatic carbocycles. The lowest BCUT2D eigenvalue weighted by atomic mass is 10.1. The van der Waals surface area contributed by atoms with Crippen molar-refractivity contribution < 1.29 is 28.7 Å². The molecule has 0 heterocycles. The summed E-state index contributed by atoms with van der Waals surface area (Å²) >= 11 is 0. The number of hydrogen-bond acceptors (Lipinski definition) is 6. The molecule has 6 heteroatoms. The molecule has 6 nitrogen and oxygen atoms in total. The second-order valence-corrected chi connectivity index (χ2v) is 13.8. The van der Waals surface area contributed by atoms with Crippen molar-refractivity contribution in [2.24, 2.45) is 0 Å². The molecule has 0 aliphatic heterocycles. The Bertz CT molecular complexity index is 503. The van der Waals surface area contributed by atoms with Gasteiger partial charge in [0, 0.05) is 38.9 Å². The van der Waals surface area contributed by atoms with E-state index in [4.69, 9.17) is 9.47 Å². The van der Waals surface area contributed by atoms with Crippen LogP contribution in [0.1, 0.15) is 254 Å². The largest absolute Gasteiger partial charge is 0.353 e. The summed E-state index contributed by atoms with van der Waals surface area (Å²) in [6.07, 6.45) is 43.3. The smallest absolute Gasteiger partial charge is 0.154 e. The predicted octanol–water partition coefficient (Wildman–Crippen LogP) is 14.7. The van der Waals surface area contributed by atoms with Crippen LogP contribution >= 0.6 is 0 Å². The van der Waals surface area contributed by atoms with Crippen LogP contribution in [0.5, 0.6) is 0 Å². The maximum absolute atomic E-state index is 9.94. The molecule has 0 saturated heterocycles. The van der Waals surface area contributed by atoms with Gasteiger partial charge in [0.2, 0.25) is 0 Å². The van der Waals surface area contributed by atoms with Crippen LogP contribution < -0.4 is 0 Å². The summed E-state index contributed by atoms with van der Waals surface area (Å²) in [6.45, 7) is 16.2. The first kappa shape index (κ1) is 59.9. The van der Waals surface area contributed by atoms with Gasteiger partial charge in [0.25, 0.3) is 0 Å². The van der Waals surface area contributed by atoms with Crippen LogP contribution in [0.25, 0.3) is 0 Å². The van der Waals surface area contributed by atoms with Crippen molar-refractivity contribution in [3.8, 4) is 0 Å². The molecular formula is C46H94O6. The molecule has 0 aromatic heterocycles. The fraction of sp³-hybridized carbons (Fsp3) is 0.913. The number of rotatable bonds is 36. The third kappa shape index (κ3) is 82.2. The highest BCUT2D eigenvalue weighted by Crippen LogP contribution is 2.09. The van der Waals surface area contributed by atoms with Crippen molar-refractivity contribution in [3.05, 3.63) is 0 Å². The number of carbonyl (C=O) groups excluding carboxylic acids is 4. The summed E-state index contributed by atoms with van der Waals surface area (Å²) in [7, 11) is 0. The maximum Gasteiger partial charge on any atom is 0.154 e. The van der Waals surface area contributed by atoms with E-state index in [0.717, 1.165) is 89.7 Å². The van der Waals surface area contributed by atoms with Gasteiger partial charge in [-0.05, 0) is 46.5 Å². The van der Waals surface area contributed by atoms with Crippen molar-refractivity contribution in [3.63, 3.8) is 0 Å². The highest BCUT2D eigenvalue weighted by atomic mass is 16.7. The molecule has 0 rings (SSSR count). The van der Waals surface area contributed by atoms with Gasteiger partial charge >= 0.3 is 0 Å².